The maximum absolute atomic E-state index is 5.86. The summed E-state index contributed by atoms with van der Waals surface area (Å²) in [6.45, 7) is 3.26. The van der Waals surface area contributed by atoms with E-state index < -0.39 is 0 Å². The molecule has 2 nitrogen and oxygen atoms in total. The third-order valence-corrected chi connectivity index (χ3v) is 3.78. The molecule has 0 radical (unpaired) electrons. The minimum atomic E-state index is 0.293. The lowest BCUT2D eigenvalue weighted by atomic mass is 10.0. The molecule has 0 aliphatic carbocycles. The van der Waals surface area contributed by atoms with Gasteiger partial charge in [-0.25, -0.2) is 0 Å². The van der Waals surface area contributed by atoms with Crippen molar-refractivity contribution in [2.24, 2.45) is 5.73 Å². The topological polar surface area (TPSA) is 30.9 Å². The Kier molecular flexibility index (Phi) is 2.67. The van der Waals surface area contributed by atoms with Crippen molar-refractivity contribution in [3.63, 3.8) is 0 Å². The lowest BCUT2D eigenvalue weighted by Crippen LogP contribution is -2.15. The largest absolute Gasteiger partial charge is 0.347 e. The van der Waals surface area contributed by atoms with Crippen molar-refractivity contribution in [1.29, 1.82) is 0 Å². The molecule has 0 spiro atoms. The average Bonchev–Trinajstić information content (AvgIpc) is 2.68. The fourth-order valence-corrected chi connectivity index (χ4v) is 2.91. The average molecular weight is 228 g/mol. The first-order chi connectivity index (χ1) is 8.25. The monoisotopic (exact) mass is 228 g/mol. The van der Waals surface area contributed by atoms with Crippen molar-refractivity contribution in [1.82, 2.24) is 4.57 Å². The third kappa shape index (κ3) is 1.87. The Morgan fingerprint density at radius 3 is 3.12 bits per heavy atom. The molecule has 17 heavy (non-hydrogen) atoms. The second-order valence-electron chi connectivity index (χ2n) is 5.28. The van der Waals surface area contributed by atoms with E-state index in [9.17, 15) is 0 Å². The van der Waals surface area contributed by atoms with Crippen LogP contribution in [0.3, 0.4) is 0 Å². The Labute approximate surface area is 102 Å². The summed E-state index contributed by atoms with van der Waals surface area (Å²) in [5.74, 6) is 0. The number of hydrogen-bond donors (Lipinski definition) is 1. The first kappa shape index (κ1) is 10.8. The molecule has 2 heterocycles. The van der Waals surface area contributed by atoms with E-state index in [0.717, 1.165) is 12.8 Å². The lowest BCUT2D eigenvalue weighted by molar-refractivity contribution is 0.630. The van der Waals surface area contributed by atoms with Crippen LogP contribution in [0.1, 0.15) is 30.9 Å². The summed E-state index contributed by atoms with van der Waals surface area (Å²) >= 11 is 0. The highest BCUT2D eigenvalue weighted by atomic mass is 15.0. The highest BCUT2D eigenvalue weighted by molar-refractivity contribution is 5.87. The molecule has 2 aromatic rings. The van der Waals surface area contributed by atoms with Crippen LogP contribution in [0, 0.1) is 0 Å². The highest BCUT2D eigenvalue weighted by Crippen LogP contribution is 2.29. The van der Waals surface area contributed by atoms with Crippen molar-refractivity contribution in [3.8, 4) is 0 Å². The fourth-order valence-electron chi connectivity index (χ4n) is 2.91. The minimum absolute atomic E-state index is 0.293. The van der Waals surface area contributed by atoms with Gasteiger partial charge in [-0.1, -0.05) is 18.2 Å². The molecule has 0 saturated heterocycles. The summed E-state index contributed by atoms with van der Waals surface area (Å²) in [7, 11) is 0. The van der Waals surface area contributed by atoms with E-state index in [2.05, 4.69) is 35.9 Å². The zero-order chi connectivity index (χ0) is 11.8. The Bertz CT molecular complexity index is 537. The molecule has 1 unspecified atom stereocenters. The number of aryl methyl sites for hydroxylation is 3. The van der Waals surface area contributed by atoms with Crippen LogP contribution in [0.4, 0.5) is 0 Å². The molecule has 1 aliphatic rings. The van der Waals surface area contributed by atoms with Gasteiger partial charge in [-0.2, -0.15) is 0 Å². The van der Waals surface area contributed by atoms with Gasteiger partial charge >= 0.3 is 0 Å². The van der Waals surface area contributed by atoms with E-state index in [-0.39, 0.29) is 0 Å². The molecule has 3 rings (SSSR count). The van der Waals surface area contributed by atoms with E-state index >= 15 is 0 Å². The van der Waals surface area contributed by atoms with Crippen molar-refractivity contribution in [2.75, 3.05) is 0 Å². The molecule has 1 atom stereocenters. The number of nitrogens with zero attached hydrogens (tertiary/aromatic N) is 1. The van der Waals surface area contributed by atoms with E-state index in [4.69, 9.17) is 5.73 Å². The number of rotatable bonds is 3. The van der Waals surface area contributed by atoms with Crippen molar-refractivity contribution in [3.05, 3.63) is 35.5 Å². The van der Waals surface area contributed by atoms with Crippen LogP contribution < -0.4 is 5.73 Å². The molecule has 1 aromatic carbocycles. The predicted molar refractivity (Wildman–Crippen MR) is 72.2 cm³/mol. The summed E-state index contributed by atoms with van der Waals surface area (Å²) in [5, 5.41) is 1.45. The summed E-state index contributed by atoms with van der Waals surface area (Å²) in [4.78, 5) is 0. The SMILES string of the molecule is CC(N)CCc1cn2c3c(cccc13)CCC2. The molecular weight excluding hydrogens is 208 g/mol. The molecule has 2 N–H and O–H groups in total. The van der Waals surface area contributed by atoms with Gasteiger partial charge in [0.05, 0.1) is 5.52 Å². The predicted octanol–water partition coefficient (Wildman–Crippen LogP) is 2.87. The van der Waals surface area contributed by atoms with Crippen LogP contribution in [-0.2, 0) is 19.4 Å². The molecule has 1 aromatic heterocycles. The second kappa shape index (κ2) is 4.19. The summed E-state index contributed by atoms with van der Waals surface area (Å²) in [5.41, 5.74) is 10.3. The molecule has 1 aliphatic heterocycles. The minimum Gasteiger partial charge on any atom is -0.347 e. The maximum atomic E-state index is 5.86. The first-order valence-corrected chi connectivity index (χ1v) is 6.61. The van der Waals surface area contributed by atoms with Crippen molar-refractivity contribution in [2.45, 2.75) is 45.2 Å². The van der Waals surface area contributed by atoms with Crippen molar-refractivity contribution < 1.29 is 0 Å². The first-order valence-electron chi connectivity index (χ1n) is 6.61. The van der Waals surface area contributed by atoms with Crippen LogP contribution in [0.5, 0.6) is 0 Å². The van der Waals surface area contributed by atoms with E-state index in [1.54, 1.807) is 0 Å². The van der Waals surface area contributed by atoms with Gasteiger partial charge in [0.2, 0.25) is 0 Å². The Balaban J connectivity index is 2.06. The molecule has 90 valence electrons. The number of para-hydroxylation sites is 1. The summed E-state index contributed by atoms with van der Waals surface area (Å²) in [6.07, 6.45) is 7.02. The quantitative estimate of drug-likeness (QED) is 0.860. The number of hydrogen-bond acceptors (Lipinski definition) is 1. The number of benzene rings is 1. The summed E-state index contributed by atoms with van der Waals surface area (Å²) < 4.78 is 2.44. The Morgan fingerprint density at radius 1 is 1.41 bits per heavy atom. The van der Waals surface area contributed by atoms with Gasteiger partial charge in [-0.05, 0) is 43.7 Å². The highest BCUT2D eigenvalue weighted by Gasteiger charge is 2.15. The Hall–Kier alpha value is -1.28. The van der Waals surface area contributed by atoms with Crippen LogP contribution in [-0.4, -0.2) is 10.6 Å². The smallest absolute Gasteiger partial charge is 0.0515 e. The lowest BCUT2D eigenvalue weighted by Gasteiger charge is -2.14. The van der Waals surface area contributed by atoms with Gasteiger partial charge in [-0.3, -0.25) is 0 Å². The normalized spacial score (nSPS) is 16.4. The zero-order valence-electron chi connectivity index (χ0n) is 10.4. The van der Waals surface area contributed by atoms with Crippen LogP contribution in [0.15, 0.2) is 24.4 Å². The van der Waals surface area contributed by atoms with Gasteiger partial charge in [0.1, 0.15) is 0 Å². The molecule has 0 fully saturated rings. The van der Waals surface area contributed by atoms with Gasteiger partial charge in [-0.15, -0.1) is 0 Å². The van der Waals surface area contributed by atoms with Gasteiger partial charge in [0, 0.05) is 24.2 Å². The fraction of sp³-hybridized carbons (Fsp3) is 0.467. The number of nitrogens with two attached hydrogens (primary N) is 1. The summed E-state index contributed by atoms with van der Waals surface area (Å²) in [6, 6.07) is 7.02. The van der Waals surface area contributed by atoms with E-state index in [1.165, 1.54) is 41.4 Å². The van der Waals surface area contributed by atoms with Gasteiger partial charge in [0.15, 0.2) is 0 Å². The Morgan fingerprint density at radius 2 is 2.29 bits per heavy atom. The molecule has 0 bridgehead atoms. The van der Waals surface area contributed by atoms with E-state index in [1.807, 2.05) is 0 Å². The van der Waals surface area contributed by atoms with Crippen LogP contribution in [0.2, 0.25) is 0 Å². The van der Waals surface area contributed by atoms with Gasteiger partial charge < -0.3 is 10.3 Å². The standard InChI is InChI=1S/C15H20N2/c1-11(16)7-8-13-10-17-9-3-5-12-4-2-6-14(13)15(12)17/h2,4,6,10-11H,3,5,7-9,16H2,1H3. The van der Waals surface area contributed by atoms with Crippen LogP contribution >= 0.6 is 0 Å². The molecule has 0 amide bonds. The zero-order valence-corrected chi connectivity index (χ0v) is 10.4. The van der Waals surface area contributed by atoms with E-state index in [0.29, 0.717) is 6.04 Å². The van der Waals surface area contributed by atoms with Crippen molar-refractivity contribution >= 4 is 10.9 Å². The number of aromatic nitrogens is 1. The molecular formula is C15H20N2. The third-order valence-electron chi connectivity index (χ3n) is 3.78. The van der Waals surface area contributed by atoms with Gasteiger partial charge in [0.25, 0.3) is 0 Å². The molecule has 2 heteroatoms. The molecule has 0 saturated carbocycles. The second-order valence-corrected chi connectivity index (χ2v) is 5.28. The van der Waals surface area contributed by atoms with Crippen LogP contribution in [0.25, 0.3) is 10.9 Å². The maximum Gasteiger partial charge on any atom is 0.0515 e.